The van der Waals surface area contributed by atoms with Crippen LogP contribution in [0, 0.1) is 0 Å². The van der Waals surface area contributed by atoms with Gasteiger partial charge in [-0.15, -0.1) is 0 Å². The van der Waals surface area contributed by atoms with Gasteiger partial charge in [0.25, 0.3) is 0 Å². The van der Waals surface area contributed by atoms with E-state index < -0.39 is 0 Å². The lowest BCUT2D eigenvalue weighted by Crippen LogP contribution is -2.21. The maximum atomic E-state index is 4.39. The molecule has 1 aromatic heterocycles. The van der Waals surface area contributed by atoms with Crippen molar-refractivity contribution in [1.29, 1.82) is 0 Å². The first kappa shape index (κ1) is 13.2. The maximum absolute atomic E-state index is 4.39. The van der Waals surface area contributed by atoms with Crippen LogP contribution in [0.4, 0.5) is 0 Å². The van der Waals surface area contributed by atoms with Crippen LogP contribution in [0.2, 0.25) is 0 Å². The molecular formula is C13H25N3. The second-order valence-corrected chi connectivity index (χ2v) is 4.70. The van der Waals surface area contributed by atoms with E-state index >= 15 is 0 Å². The minimum absolute atomic E-state index is 0.523. The zero-order valence-corrected chi connectivity index (χ0v) is 10.9. The van der Waals surface area contributed by atoms with E-state index in [1.54, 1.807) is 0 Å². The SMILES string of the molecule is CCCCCCn1cnc(CNC(C)C)c1. The van der Waals surface area contributed by atoms with E-state index in [4.69, 9.17) is 0 Å². The molecule has 1 N–H and O–H groups in total. The molecule has 0 spiro atoms. The minimum atomic E-state index is 0.523. The van der Waals surface area contributed by atoms with Gasteiger partial charge in [0.1, 0.15) is 0 Å². The molecule has 0 unspecified atom stereocenters. The molecule has 3 heteroatoms. The highest BCUT2D eigenvalue weighted by molar-refractivity contribution is 4.96. The van der Waals surface area contributed by atoms with Crippen molar-refractivity contribution < 1.29 is 0 Å². The summed E-state index contributed by atoms with van der Waals surface area (Å²) in [6.45, 7) is 8.53. The Bertz CT molecular complexity index is 278. The van der Waals surface area contributed by atoms with Crippen molar-refractivity contribution >= 4 is 0 Å². The monoisotopic (exact) mass is 223 g/mol. The van der Waals surface area contributed by atoms with E-state index in [1.165, 1.54) is 25.7 Å². The molecule has 0 fully saturated rings. The van der Waals surface area contributed by atoms with Crippen LogP contribution in [-0.4, -0.2) is 15.6 Å². The van der Waals surface area contributed by atoms with E-state index in [1.807, 2.05) is 6.33 Å². The number of aryl methyl sites for hydroxylation is 1. The van der Waals surface area contributed by atoms with Gasteiger partial charge in [-0.2, -0.15) is 0 Å². The predicted molar refractivity (Wildman–Crippen MR) is 68.3 cm³/mol. The Balaban J connectivity index is 2.22. The number of imidazole rings is 1. The summed E-state index contributed by atoms with van der Waals surface area (Å²) < 4.78 is 2.20. The number of aromatic nitrogens is 2. The molecule has 0 bridgehead atoms. The standard InChI is InChI=1S/C13H25N3/c1-4-5-6-7-8-16-10-13(15-11-16)9-14-12(2)3/h10-12,14H,4-9H2,1-3H3. The molecule has 0 aliphatic carbocycles. The topological polar surface area (TPSA) is 29.9 Å². The van der Waals surface area contributed by atoms with Gasteiger partial charge in [-0.1, -0.05) is 40.0 Å². The van der Waals surface area contributed by atoms with Gasteiger partial charge in [-0.05, 0) is 6.42 Å². The van der Waals surface area contributed by atoms with Crippen LogP contribution in [0.3, 0.4) is 0 Å². The second kappa shape index (κ2) is 7.44. The van der Waals surface area contributed by atoms with Crippen molar-refractivity contribution in [1.82, 2.24) is 14.9 Å². The van der Waals surface area contributed by atoms with Crippen molar-refractivity contribution in [2.75, 3.05) is 0 Å². The predicted octanol–water partition coefficient (Wildman–Crippen LogP) is 2.96. The number of unbranched alkanes of at least 4 members (excludes halogenated alkanes) is 3. The molecule has 3 nitrogen and oxygen atoms in total. The first-order chi connectivity index (χ1) is 7.72. The average Bonchev–Trinajstić information content (AvgIpc) is 2.70. The highest BCUT2D eigenvalue weighted by Crippen LogP contribution is 2.03. The van der Waals surface area contributed by atoms with E-state index in [2.05, 4.69) is 41.8 Å². The van der Waals surface area contributed by atoms with Gasteiger partial charge in [0.2, 0.25) is 0 Å². The van der Waals surface area contributed by atoms with Crippen LogP contribution in [0.15, 0.2) is 12.5 Å². The van der Waals surface area contributed by atoms with E-state index in [9.17, 15) is 0 Å². The molecule has 0 radical (unpaired) electrons. The fourth-order valence-electron chi connectivity index (χ4n) is 1.65. The fourth-order valence-corrected chi connectivity index (χ4v) is 1.65. The van der Waals surface area contributed by atoms with Crippen molar-refractivity contribution in [3.63, 3.8) is 0 Å². The quantitative estimate of drug-likeness (QED) is 0.687. The summed E-state index contributed by atoms with van der Waals surface area (Å²) in [5.74, 6) is 0. The largest absolute Gasteiger partial charge is 0.337 e. The number of hydrogen-bond donors (Lipinski definition) is 1. The zero-order valence-electron chi connectivity index (χ0n) is 10.9. The summed E-state index contributed by atoms with van der Waals surface area (Å²) in [5, 5.41) is 3.38. The van der Waals surface area contributed by atoms with Crippen molar-refractivity contribution in [3.05, 3.63) is 18.2 Å². The van der Waals surface area contributed by atoms with E-state index in [-0.39, 0.29) is 0 Å². The summed E-state index contributed by atoms with van der Waals surface area (Å²) in [6.07, 6.45) is 9.34. The normalized spacial score (nSPS) is 11.2. The molecule has 92 valence electrons. The third kappa shape index (κ3) is 5.31. The fraction of sp³-hybridized carbons (Fsp3) is 0.769. The molecule has 1 aromatic rings. The van der Waals surface area contributed by atoms with Gasteiger partial charge in [-0.3, -0.25) is 0 Å². The lowest BCUT2D eigenvalue weighted by molar-refractivity contribution is 0.575. The zero-order chi connectivity index (χ0) is 11.8. The highest BCUT2D eigenvalue weighted by Gasteiger charge is 1.99. The van der Waals surface area contributed by atoms with Gasteiger partial charge in [0.15, 0.2) is 0 Å². The number of nitrogens with zero attached hydrogens (tertiary/aromatic N) is 2. The lowest BCUT2D eigenvalue weighted by Gasteiger charge is -2.05. The number of nitrogens with one attached hydrogen (secondary N) is 1. The van der Waals surface area contributed by atoms with Gasteiger partial charge in [-0.25, -0.2) is 4.98 Å². The van der Waals surface area contributed by atoms with E-state index in [0.717, 1.165) is 18.8 Å². The van der Waals surface area contributed by atoms with Gasteiger partial charge in [0, 0.05) is 25.3 Å². The minimum Gasteiger partial charge on any atom is -0.337 e. The average molecular weight is 223 g/mol. The summed E-state index contributed by atoms with van der Waals surface area (Å²) in [6, 6.07) is 0.523. The molecule has 0 aromatic carbocycles. The molecular weight excluding hydrogens is 198 g/mol. The summed E-state index contributed by atoms with van der Waals surface area (Å²) >= 11 is 0. The molecule has 0 amide bonds. The lowest BCUT2D eigenvalue weighted by atomic mass is 10.2. The Morgan fingerprint density at radius 1 is 1.31 bits per heavy atom. The number of hydrogen-bond acceptors (Lipinski definition) is 2. The highest BCUT2D eigenvalue weighted by atomic mass is 15.0. The van der Waals surface area contributed by atoms with Crippen LogP contribution in [-0.2, 0) is 13.1 Å². The Morgan fingerprint density at radius 3 is 2.81 bits per heavy atom. The van der Waals surface area contributed by atoms with Crippen LogP contribution < -0.4 is 5.32 Å². The number of rotatable bonds is 8. The molecule has 0 saturated heterocycles. The molecule has 0 aliphatic rings. The van der Waals surface area contributed by atoms with Gasteiger partial charge in [0.05, 0.1) is 12.0 Å². The third-order valence-corrected chi connectivity index (χ3v) is 2.65. The van der Waals surface area contributed by atoms with Crippen molar-refractivity contribution in [2.24, 2.45) is 0 Å². The Hall–Kier alpha value is -0.830. The maximum Gasteiger partial charge on any atom is 0.0949 e. The van der Waals surface area contributed by atoms with Gasteiger partial charge < -0.3 is 9.88 Å². The van der Waals surface area contributed by atoms with Crippen LogP contribution >= 0.6 is 0 Å². The van der Waals surface area contributed by atoms with Crippen LogP contribution in [0.5, 0.6) is 0 Å². The Morgan fingerprint density at radius 2 is 2.12 bits per heavy atom. The van der Waals surface area contributed by atoms with Gasteiger partial charge >= 0.3 is 0 Å². The summed E-state index contributed by atoms with van der Waals surface area (Å²) in [5.41, 5.74) is 1.14. The summed E-state index contributed by atoms with van der Waals surface area (Å²) in [4.78, 5) is 4.39. The smallest absolute Gasteiger partial charge is 0.0949 e. The molecule has 0 aliphatic heterocycles. The first-order valence-corrected chi connectivity index (χ1v) is 6.46. The molecule has 1 heterocycles. The molecule has 0 saturated carbocycles. The van der Waals surface area contributed by atoms with E-state index in [0.29, 0.717) is 6.04 Å². The third-order valence-electron chi connectivity index (χ3n) is 2.65. The molecule has 0 atom stereocenters. The molecule has 1 rings (SSSR count). The van der Waals surface area contributed by atoms with Crippen LogP contribution in [0.25, 0.3) is 0 Å². The Kier molecular flexibility index (Phi) is 6.16. The molecule has 16 heavy (non-hydrogen) atoms. The van der Waals surface area contributed by atoms with Crippen molar-refractivity contribution in [2.45, 2.75) is 65.6 Å². The van der Waals surface area contributed by atoms with Crippen LogP contribution in [0.1, 0.15) is 52.1 Å². The van der Waals surface area contributed by atoms with Crippen molar-refractivity contribution in [3.8, 4) is 0 Å². The Labute approximate surface area is 99.3 Å². The summed E-state index contributed by atoms with van der Waals surface area (Å²) in [7, 11) is 0. The second-order valence-electron chi connectivity index (χ2n) is 4.70. The first-order valence-electron chi connectivity index (χ1n) is 6.46.